The smallest absolute Gasteiger partial charge is 0.324 e. The topological polar surface area (TPSA) is 112 Å². The fourth-order valence-corrected chi connectivity index (χ4v) is 4.29. The fraction of sp³-hybridized carbons (Fsp3) is 0.172. The lowest BCUT2D eigenvalue weighted by Crippen LogP contribution is -2.22. The zero-order chi connectivity index (χ0) is 27.0. The van der Waals surface area contributed by atoms with Crippen molar-refractivity contribution in [3.8, 4) is 22.9 Å². The summed E-state index contributed by atoms with van der Waals surface area (Å²) in [6.45, 7) is 6.41. The third-order valence-electron chi connectivity index (χ3n) is 6.34. The third-order valence-corrected chi connectivity index (χ3v) is 6.34. The molecule has 0 saturated heterocycles. The minimum atomic E-state index is -0.637. The Morgan fingerprint density at radius 3 is 2.47 bits per heavy atom. The number of hydrogen-bond donors (Lipinski definition) is 3. The lowest BCUT2D eigenvalue weighted by molar-refractivity contribution is 0.0965. The predicted molar refractivity (Wildman–Crippen MR) is 143 cm³/mol. The van der Waals surface area contributed by atoms with Gasteiger partial charge in [-0.2, -0.15) is 10.4 Å². The second kappa shape index (κ2) is 9.48. The number of nitrogens with zero attached hydrogens (tertiary/aromatic N) is 3. The summed E-state index contributed by atoms with van der Waals surface area (Å²) in [7, 11) is 0. The lowest BCUT2D eigenvalue weighted by Gasteiger charge is -2.14. The molecule has 0 unspecified atom stereocenters. The highest BCUT2D eigenvalue weighted by Crippen LogP contribution is 2.31. The van der Waals surface area contributed by atoms with E-state index in [0.29, 0.717) is 34.7 Å². The van der Waals surface area contributed by atoms with Crippen molar-refractivity contribution < 1.29 is 14.0 Å². The van der Waals surface area contributed by atoms with Gasteiger partial charge in [-0.1, -0.05) is 39.0 Å². The van der Waals surface area contributed by atoms with Crippen LogP contribution in [0.5, 0.6) is 0 Å². The quantitative estimate of drug-likeness (QED) is 0.327. The number of halogens is 1. The molecule has 1 aliphatic heterocycles. The molecule has 0 spiro atoms. The van der Waals surface area contributed by atoms with Crippen LogP contribution in [0.1, 0.15) is 48.0 Å². The number of fused-ring (bicyclic) bond motifs is 1. The summed E-state index contributed by atoms with van der Waals surface area (Å²) in [5, 5.41) is 21.9. The molecule has 1 aliphatic rings. The SMILES string of the molecule is CC(C)(C)c1cc(NC(=O)Nc2ccc(-c3cccc4c3CNC4=O)cc2F)n(-c2ccc(C#N)cc2)n1. The van der Waals surface area contributed by atoms with Gasteiger partial charge in [0.05, 0.1) is 28.7 Å². The van der Waals surface area contributed by atoms with Crippen molar-refractivity contribution in [1.29, 1.82) is 5.26 Å². The molecule has 0 saturated carbocycles. The van der Waals surface area contributed by atoms with Crippen molar-refractivity contribution in [2.45, 2.75) is 32.7 Å². The minimum absolute atomic E-state index is 0.00788. The normalized spacial score (nSPS) is 12.4. The molecule has 0 fully saturated rings. The summed E-state index contributed by atoms with van der Waals surface area (Å²) in [5.41, 5.74) is 4.40. The number of benzene rings is 3. The molecule has 0 aliphatic carbocycles. The molecule has 38 heavy (non-hydrogen) atoms. The van der Waals surface area contributed by atoms with Crippen LogP contribution >= 0.6 is 0 Å². The number of urea groups is 1. The number of nitrogens with one attached hydrogen (secondary N) is 3. The van der Waals surface area contributed by atoms with Crippen LogP contribution in [0.3, 0.4) is 0 Å². The largest absolute Gasteiger partial charge is 0.348 e. The van der Waals surface area contributed by atoms with Gasteiger partial charge in [-0.3, -0.25) is 10.1 Å². The van der Waals surface area contributed by atoms with E-state index in [2.05, 4.69) is 27.1 Å². The number of aromatic nitrogens is 2. The first-order valence-corrected chi connectivity index (χ1v) is 12.0. The van der Waals surface area contributed by atoms with Crippen LogP contribution < -0.4 is 16.0 Å². The van der Waals surface area contributed by atoms with E-state index < -0.39 is 11.8 Å². The second-order valence-corrected chi connectivity index (χ2v) is 10.0. The molecule has 4 aromatic rings. The first-order valence-electron chi connectivity index (χ1n) is 12.0. The standard InChI is InChI=1S/C29H25FN6O2/c1-29(2,3)25-14-26(36(35-25)19-10-7-17(15-31)8-11-19)34-28(38)33-24-12-9-18(13-23(24)30)20-5-4-6-21-22(20)16-32-27(21)37/h4-14H,16H2,1-3H3,(H,32,37)(H2,33,34,38). The third kappa shape index (κ3) is 4.72. The Bertz CT molecular complexity index is 1610. The van der Waals surface area contributed by atoms with Crippen LogP contribution in [-0.4, -0.2) is 21.7 Å². The van der Waals surface area contributed by atoms with E-state index in [9.17, 15) is 9.59 Å². The number of nitriles is 1. The average molecular weight is 509 g/mol. The van der Waals surface area contributed by atoms with Gasteiger partial charge in [-0.25, -0.2) is 13.9 Å². The maximum absolute atomic E-state index is 15.1. The van der Waals surface area contributed by atoms with E-state index in [0.717, 1.165) is 16.8 Å². The number of rotatable bonds is 4. The van der Waals surface area contributed by atoms with E-state index >= 15 is 4.39 Å². The fourth-order valence-electron chi connectivity index (χ4n) is 4.29. The van der Waals surface area contributed by atoms with Crippen LogP contribution in [0, 0.1) is 17.1 Å². The molecule has 1 aromatic heterocycles. The van der Waals surface area contributed by atoms with Crippen molar-refractivity contribution in [2.75, 3.05) is 10.6 Å². The molecule has 3 amide bonds. The van der Waals surface area contributed by atoms with Crippen molar-refractivity contribution in [1.82, 2.24) is 15.1 Å². The molecule has 8 nitrogen and oxygen atoms in total. The predicted octanol–water partition coefficient (Wildman–Crippen LogP) is 5.73. The zero-order valence-electron chi connectivity index (χ0n) is 21.1. The highest BCUT2D eigenvalue weighted by molar-refractivity contribution is 6.01. The minimum Gasteiger partial charge on any atom is -0.348 e. The van der Waals surface area contributed by atoms with Gasteiger partial charge in [-0.15, -0.1) is 0 Å². The van der Waals surface area contributed by atoms with Gasteiger partial charge in [0.25, 0.3) is 5.91 Å². The van der Waals surface area contributed by atoms with Crippen molar-refractivity contribution in [3.05, 3.63) is 94.9 Å². The van der Waals surface area contributed by atoms with Gasteiger partial charge in [0.2, 0.25) is 0 Å². The molecule has 5 rings (SSSR count). The molecule has 0 radical (unpaired) electrons. The summed E-state index contributed by atoms with van der Waals surface area (Å²) in [6, 6.07) is 19.9. The van der Waals surface area contributed by atoms with E-state index in [4.69, 9.17) is 5.26 Å². The van der Waals surface area contributed by atoms with E-state index in [1.807, 2.05) is 26.8 Å². The van der Waals surface area contributed by atoms with Crippen molar-refractivity contribution in [3.63, 3.8) is 0 Å². The first-order chi connectivity index (χ1) is 18.1. The Kier molecular flexibility index (Phi) is 6.17. The van der Waals surface area contributed by atoms with Crippen LogP contribution in [0.25, 0.3) is 16.8 Å². The lowest BCUT2D eigenvalue weighted by atomic mass is 9.92. The molecular weight excluding hydrogens is 483 g/mol. The van der Waals surface area contributed by atoms with Crippen molar-refractivity contribution >= 4 is 23.4 Å². The Balaban J connectivity index is 1.39. The van der Waals surface area contributed by atoms with Gasteiger partial charge in [-0.05, 0) is 59.2 Å². The molecule has 0 bridgehead atoms. The van der Waals surface area contributed by atoms with E-state index in [1.54, 1.807) is 53.2 Å². The van der Waals surface area contributed by atoms with Gasteiger partial charge in [0, 0.05) is 23.6 Å². The molecule has 2 heterocycles. The molecular formula is C29H25FN6O2. The highest BCUT2D eigenvalue weighted by Gasteiger charge is 2.23. The van der Waals surface area contributed by atoms with Crippen LogP contribution in [-0.2, 0) is 12.0 Å². The Morgan fingerprint density at radius 2 is 1.79 bits per heavy atom. The maximum atomic E-state index is 15.1. The maximum Gasteiger partial charge on any atom is 0.324 e. The van der Waals surface area contributed by atoms with Crippen LogP contribution in [0.4, 0.5) is 20.7 Å². The van der Waals surface area contributed by atoms with E-state index in [-0.39, 0.29) is 17.0 Å². The zero-order valence-corrected chi connectivity index (χ0v) is 21.1. The summed E-state index contributed by atoms with van der Waals surface area (Å²) in [6.07, 6.45) is 0. The second-order valence-electron chi connectivity index (χ2n) is 10.0. The number of anilines is 2. The average Bonchev–Trinajstić information content (AvgIpc) is 3.49. The van der Waals surface area contributed by atoms with Gasteiger partial charge >= 0.3 is 6.03 Å². The van der Waals surface area contributed by atoms with Crippen LogP contribution in [0.2, 0.25) is 0 Å². The Hall–Kier alpha value is -4.97. The van der Waals surface area contributed by atoms with Gasteiger partial charge < -0.3 is 10.6 Å². The molecule has 3 N–H and O–H groups in total. The molecule has 0 atom stereocenters. The Morgan fingerprint density at radius 1 is 1.05 bits per heavy atom. The first kappa shape index (κ1) is 24.7. The van der Waals surface area contributed by atoms with Crippen molar-refractivity contribution in [2.24, 2.45) is 0 Å². The number of hydrogen-bond acceptors (Lipinski definition) is 4. The summed E-state index contributed by atoms with van der Waals surface area (Å²) < 4.78 is 16.6. The summed E-state index contributed by atoms with van der Waals surface area (Å²) >= 11 is 0. The number of amides is 3. The number of carbonyl (C=O) groups is 2. The van der Waals surface area contributed by atoms with Gasteiger partial charge in [0.1, 0.15) is 11.6 Å². The Labute approximate surface area is 219 Å². The van der Waals surface area contributed by atoms with E-state index in [1.165, 1.54) is 12.1 Å². The summed E-state index contributed by atoms with van der Waals surface area (Å²) in [5.74, 6) is -0.359. The molecule has 9 heteroatoms. The number of carbonyl (C=O) groups excluding carboxylic acids is 2. The van der Waals surface area contributed by atoms with Gasteiger partial charge in [0.15, 0.2) is 0 Å². The highest BCUT2D eigenvalue weighted by atomic mass is 19.1. The van der Waals surface area contributed by atoms with Crippen LogP contribution in [0.15, 0.2) is 66.7 Å². The monoisotopic (exact) mass is 508 g/mol. The molecule has 3 aromatic carbocycles. The summed E-state index contributed by atoms with van der Waals surface area (Å²) in [4.78, 5) is 24.9. The molecule has 190 valence electrons.